The van der Waals surface area contributed by atoms with Gasteiger partial charge in [0.1, 0.15) is 5.75 Å². The molecule has 0 aliphatic carbocycles. The van der Waals surface area contributed by atoms with Crippen molar-refractivity contribution in [3.63, 3.8) is 0 Å². The van der Waals surface area contributed by atoms with Crippen LogP contribution in [0.2, 0.25) is 5.02 Å². The summed E-state index contributed by atoms with van der Waals surface area (Å²) in [6.45, 7) is 10.2. The molecule has 0 aliphatic heterocycles. The fourth-order valence-electron chi connectivity index (χ4n) is 3.00. The lowest BCUT2D eigenvalue weighted by atomic mass is 10.2. The fourth-order valence-corrected chi connectivity index (χ4v) is 3.93. The minimum absolute atomic E-state index is 0.144. The Morgan fingerprint density at radius 1 is 1.29 bits per heavy atom. The lowest BCUT2D eigenvalue weighted by Gasteiger charge is -2.16. The van der Waals surface area contributed by atoms with Gasteiger partial charge in [-0.3, -0.25) is 9.36 Å². The molecule has 0 saturated heterocycles. The molecule has 0 saturated carbocycles. The maximum absolute atomic E-state index is 12.5. The molecule has 8 heteroatoms. The van der Waals surface area contributed by atoms with Crippen molar-refractivity contribution in [3.05, 3.63) is 77.1 Å². The highest BCUT2D eigenvalue weighted by Gasteiger charge is 2.20. The minimum atomic E-state index is -0.313. The van der Waals surface area contributed by atoms with Crippen LogP contribution in [0.3, 0.4) is 0 Å². The number of allylic oxidation sites excluding steroid dienone is 1. The van der Waals surface area contributed by atoms with E-state index in [1.807, 2.05) is 55.7 Å². The first-order chi connectivity index (χ1) is 14.9. The zero-order valence-electron chi connectivity index (χ0n) is 17.8. The number of ether oxygens (including phenoxy) is 1. The van der Waals surface area contributed by atoms with E-state index in [4.69, 9.17) is 16.3 Å². The van der Waals surface area contributed by atoms with Crippen LogP contribution in [0.15, 0.2) is 60.3 Å². The number of amides is 1. The Balaban J connectivity index is 1.68. The summed E-state index contributed by atoms with van der Waals surface area (Å²) >= 11 is 7.34. The molecule has 162 valence electrons. The van der Waals surface area contributed by atoms with Crippen LogP contribution >= 0.6 is 23.4 Å². The molecule has 0 bridgehead atoms. The third-order valence-electron chi connectivity index (χ3n) is 4.53. The van der Waals surface area contributed by atoms with E-state index < -0.39 is 0 Å². The van der Waals surface area contributed by atoms with Gasteiger partial charge < -0.3 is 10.1 Å². The van der Waals surface area contributed by atoms with Crippen molar-refractivity contribution in [1.29, 1.82) is 0 Å². The van der Waals surface area contributed by atoms with Gasteiger partial charge in [0.05, 0.1) is 5.75 Å². The first-order valence-electron chi connectivity index (χ1n) is 9.83. The van der Waals surface area contributed by atoms with Gasteiger partial charge in [-0.25, -0.2) is 0 Å². The number of anilines is 1. The molecule has 6 nitrogen and oxygen atoms in total. The quantitative estimate of drug-likeness (QED) is 0.335. The van der Waals surface area contributed by atoms with Gasteiger partial charge in [-0.05, 0) is 56.2 Å². The molecular formula is C23H25ClN4O2S. The summed E-state index contributed by atoms with van der Waals surface area (Å²) in [5, 5.41) is 12.7. The van der Waals surface area contributed by atoms with Gasteiger partial charge in [0.25, 0.3) is 0 Å². The highest BCUT2D eigenvalue weighted by molar-refractivity contribution is 7.99. The molecule has 0 spiro atoms. The molecule has 2 aromatic carbocycles. The topological polar surface area (TPSA) is 69.0 Å². The molecule has 0 aliphatic rings. The zero-order valence-corrected chi connectivity index (χ0v) is 19.3. The van der Waals surface area contributed by atoms with Crippen LogP contribution in [-0.2, 0) is 11.3 Å². The summed E-state index contributed by atoms with van der Waals surface area (Å²) in [5.74, 6) is 1.49. The van der Waals surface area contributed by atoms with Crippen molar-refractivity contribution in [3.8, 4) is 5.75 Å². The van der Waals surface area contributed by atoms with Gasteiger partial charge in [0.2, 0.25) is 5.91 Å². The lowest BCUT2D eigenvalue weighted by molar-refractivity contribution is -0.113. The lowest BCUT2D eigenvalue weighted by Crippen LogP contribution is -2.16. The summed E-state index contributed by atoms with van der Waals surface area (Å²) < 4.78 is 7.96. The highest BCUT2D eigenvalue weighted by atomic mass is 35.5. The van der Waals surface area contributed by atoms with Gasteiger partial charge in [0, 0.05) is 17.3 Å². The number of carbonyl (C=O) groups excluding carboxylic acids is 1. The molecule has 1 amide bonds. The Morgan fingerprint density at radius 3 is 2.84 bits per heavy atom. The van der Waals surface area contributed by atoms with E-state index in [-0.39, 0.29) is 17.8 Å². The van der Waals surface area contributed by atoms with Crippen LogP contribution in [0.4, 0.5) is 5.69 Å². The summed E-state index contributed by atoms with van der Waals surface area (Å²) in [6.07, 6.45) is 1.46. The molecule has 1 heterocycles. The Kier molecular flexibility index (Phi) is 7.76. The molecule has 0 radical (unpaired) electrons. The third kappa shape index (κ3) is 6.12. The largest absolute Gasteiger partial charge is 0.483 e. The third-order valence-corrected chi connectivity index (χ3v) is 5.73. The number of aryl methyl sites for hydroxylation is 2. The van der Waals surface area contributed by atoms with E-state index in [0.717, 1.165) is 16.9 Å². The van der Waals surface area contributed by atoms with Gasteiger partial charge in [-0.15, -0.1) is 16.8 Å². The Bertz CT molecular complexity index is 1080. The van der Waals surface area contributed by atoms with Crippen molar-refractivity contribution >= 4 is 35.0 Å². The van der Waals surface area contributed by atoms with Gasteiger partial charge in [0.15, 0.2) is 17.1 Å². The van der Waals surface area contributed by atoms with Crippen molar-refractivity contribution < 1.29 is 9.53 Å². The second-order valence-corrected chi connectivity index (χ2v) is 8.49. The summed E-state index contributed by atoms with van der Waals surface area (Å²) in [7, 11) is 0. The van der Waals surface area contributed by atoms with Crippen molar-refractivity contribution in [1.82, 2.24) is 14.8 Å². The van der Waals surface area contributed by atoms with Gasteiger partial charge in [-0.2, -0.15) is 0 Å². The number of halogens is 1. The van der Waals surface area contributed by atoms with E-state index in [2.05, 4.69) is 22.1 Å². The maximum atomic E-state index is 12.5. The molecule has 1 unspecified atom stereocenters. The second-order valence-electron chi connectivity index (χ2n) is 7.11. The normalized spacial score (nSPS) is 11.7. The Hall–Kier alpha value is -2.77. The number of aromatic nitrogens is 3. The SMILES string of the molecule is C=CCn1c(SCC(=O)Nc2cc(Cl)ccc2C)nnc1C(C)Oc1cccc(C)c1. The van der Waals surface area contributed by atoms with Crippen LogP contribution in [0, 0.1) is 13.8 Å². The molecule has 1 aromatic heterocycles. The smallest absolute Gasteiger partial charge is 0.234 e. The molecule has 1 atom stereocenters. The van der Waals surface area contributed by atoms with Crippen LogP contribution in [0.5, 0.6) is 5.75 Å². The molecule has 0 fully saturated rings. The average Bonchev–Trinajstić information content (AvgIpc) is 3.12. The number of rotatable bonds is 9. The number of hydrogen-bond donors (Lipinski definition) is 1. The molecule has 1 N–H and O–H groups in total. The number of nitrogens with zero attached hydrogens (tertiary/aromatic N) is 3. The molecule has 3 aromatic rings. The van der Waals surface area contributed by atoms with E-state index in [9.17, 15) is 4.79 Å². The van der Waals surface area contributed by atoms with Crippen LogP contribution in [-0.4, -0.2) is 26.4 Å². The number of carbonyl (C=O) groups is 1. The molecular weight excluding hydrogens is 432 g/mol. The van der Waals surface area contributed by atoms with E-state index in [1.54, 1.807) is 18.2 Å². The summed E-state index contributed by atoms with van der Waals surface area (Å²) in [6, 6.07) is 13.3. The second kappa shape index (κ2) is 10.5. The van der Waals surface area contributed by atoms with Crippen molar-refractivity contribution in [2.75, 3.05) is 11.1 Å². The summed E-state index contributed by atoms with van der Waals surface area (Å²) in [5.41, 5.74) is 2.77. The maximum Gasteiger partial charge on any atom is 0.234 e. The average molecular weight is 457 g/mol. The minimum Gasteiger partial charge on any atom is -0.483 e. The van der Waals surface area contributed by atoms with Crippen molar-refractivity contribution in [2.45, 2.75) is 38.6 Å². The monoisotopic (exact) mass is 456 g/mol. The highest BCUT2D eigenvalue weighted by Crippen LogP contribution is 2.26. The Labute approximate surface area is 191 Å². The first-order valence-corrected chi connectivity index (χ1v) is 11.2. The van der Waals surface area contributed by atoms with Gasteiger partial charge in [-0.1, -0.05) is 47.6 Å². The fraction of sp³-hybridized carbons (Fsp3) is 0.261. The van der Waals surface area contributed by atoms with Crippen LogP contribution in [0.1, 0.15) is 30.0 Å². The summed E-state index contributed by atoms with van der Waals surface area (Å²) in [4.78, 5) is 12.5. The van der Waals surface area contributed by atoms with E-state index in [0.29, 0.717) is 28.2 Å². The standard InChI is InChI=1S/C23H25ClN4O2S/c1-5-11-28-22(17(4)30-19-8-6-7-15(2)12-19)26-27-23(28)31-14-21(29)25-20-13-18(24)10-9-16(20)3/h5-10,12-13,17H,1,11,14H2,2-4H3,(H,25,29). The predicted octanol–water partition coefficient (Wildman–Crippen LogP) is 5.61. The number of hydrogen-bond acceptors (Lipinski definition) is 5. The number of benzene rings is 2. The first kappa shape index (κ1) is 22.9. The molecule has 31 heavy (non-hydrogen) atoms. The number of thioether (sulfide) groups is 1. The zero-order chi connectivity index (χ0) is 22.4. The number of nitrogens with one attached hydrogen (secondary N) is 1. The molecule has 3 rings (SSSR count). The van der Waals surface area contributed by atoms with Gasteiger partial charge >= 0.3 is 0 Å². The Morgan fingerprint density at radius 2 is 2.10 bits per heavy atom. The van der Waals surface area contributed by atoms with Crippen molar-refractivity contribution in [2.24, 2.45) is 0 Å². The predicted molar refractivity (Wildman–Crippen MR) is 126 cm³/mol. The van der Waals surface area contributed by atoms with E-state index >= 15 is 0 Å². The van der Waals surface area contributed by atoms with Crippen LogP contribution in [0.25, 0.3) is 0 Å². The van der Waals surface area contributed by atoms with Crippen LogP contribution < -0.4 is 10.1 Å². The van der Waals surface area contributed by atoms with E-state index in [1.165, 1.54) is 11.8 Å².